The van der Waals surface area contributed by atoms with Crippen LogP contribution in [0.3, 0.4) is 0 Å². The first kappa shape index (κ1) is 14.3. The van der Waals surface area contributed by atoms with Gasteiger partial charge in [0.25, 0.3) is 0 Å². The Balaban J connectivity index is 1.95. The normalized spacial score (nSPS) is 27.3. The molecule has 0 aliphatic heterocycles. The van der Waals surface area contributed by atoms with Crippen LogP contribution in [0, 0.1) is 17.7 Å². The van der Waals surface area contributed by atoms with E-state index in [2.05, 4.69) is 19.2 Å². The summed E-state index contributed by atoms with van der Waals surface area (Å²) in [7, 11) is 1.50. The van der Waals surface area contributed by atoms with Crippen molar-refractivity contribution in [3.05, 3.63) is 29.6 Å². The van der Waals surface area contributed by atoms with Crippen molar-refractivity contribution in [3.63, 3.8) is 0 Å². The molecule has 0 heterocycles. The van der Waals surface area contributed by atoms with E-state index in [-0.39, 0.29) is 5.82 Å². The lowest BCUT2D eigenvalue weighted by atomic mass is 9.80. The van der Waals surface area contributed by atoms with Crippen LogP contribution in [0.25, 0.3) is 0 Å². The highest BCUT2D eigenvalue weighted by atomic mass is 19.1. The van der Waals surface area contributed by atoms with Gasteiger partial charge >= 0.3 is 0 Å². The Morgan fingerprint density at radius 2 is 1.89 bits per heavy atom. The summed E-state index contributed by atoms with van der Waals surface area (Å²) in [6.07, 6.45) is 3.69. The van der Waals surface area contributed by atoms with Crippen LogP contribution in [0.1, 0.15) is 38.7 Å². The Labute approximate surface area is 115 Å². The fourth-order valence-electron chi connectivity index (χ4n) is 3.22. The van der Waals surface area contributed by atoms with Crippen LogP contribution in [-0.2, 0) is 6.54 Å². The first-order chi connectivity index (χ1) is 9.10. The van der Waals surface area contributed by atoms with E-state index in [0.29, 0.717) is 23.9 Å². The van der Waals surface area contributed by atoms with Gasteiger partial charge in [-0.15, -0.1) is 0 Å². The second-order valence-corrected chi connectivity index (χ2v) is 5.93. The van der Waals surface area contributed by atoms with Crippen molar-refractivity contribution >= 4 is 0 Å². The largest absolute Gasteiger partial charge is 0.494 e. The molecule has 0 saturated heterocycles. The smallest absolute Gasteiger partial charge is 0.169 e. The molecule has 1 aliphatic rings. The van der Waals surface area contributed by atoms with Gasteiger partial charge in [-0.1, -0.05) is 26.0 Å². The topological polar surface area (TPSA) is 21.3 Å². The zero-order valence-electron chi connectivity index (χ0n) is 12.1. The summed E-state index contributed by atoms with van der Waals surface area (Å²) >= 11 is 0. The Morgan fingerprint density at radius 3 is 2.53 bits per heavy atom. The number of methoxy groups -OCH3 is 1. The van der Waals surface area contributed by atoms with E-state index in [1.165, 1.54) is 26.4 Å². The van der Waals surface area contributed by atoms with Crippen molar-refractivity contribution in [2.75, 3.05) is 7.11 Å². The van der Waals surface area contributed by atoms with Crippen molar-refractivity contribution in [3.8, 4) is 5.75 Å². The Kier molecular flexibility index (Phi) is 4.81. The summed E-state index contributed by atoms with van der Waals surface area (Å²) in [5.41, 5.74) is 0.685. The first-order valence-corrected chi connectivity index (χ1v) is 7.15. The van der Waals surface area contributed by atoms with Gasteiger partial charge in [-0.2, -0.15) is 0 Å². The molecule has 1 aromatic rings. The van der Waals surface area contributed by atoms with Crippen LogP contribution in [0.5, 0.6) is 5.75 Å². The third-order valence-electron chi connectivity index (χ3n) is 4.02. The second-order valence-electron chi connectivity index (χ2n) is 5.93. The molecule has 0 amide bonds. The number of nitrogens with one attached hydrogen (secondary N) is 1. The number of ether oxygens (including phenoxy) is 1. The summed E-state index contributed by atoms with van der Waals surface area (Å²) in [6.45, 7) is 5.18. The summed E-state index contributed by atoms with van der Waals surface area (Å²) in [5, 5.41) is 3.50. The number of hydrogen-bond acceptors (Lipinski definition) is 2. The highest BCUT2D eigenvalue weighted by Crippen LogP contribution is 2.29. The van der Waals surface area contributed by atoms with Crippen LogP contribution in [0.2, 0.25) is 0 Å². The van der Waals surface area contributed by atoms with Gasteiger partial charge in [-0.25, -0.2) is 4.39 Å². The molecule has 0 aromatic heterocycles. The molecule has 106 valence electrons. The Hall–Kier alpha value is -1.09. The quantitative estimate of drug-likeness (QED) is 0.895. The maximum Gasteiger partial charge on any atom is 0.169 e. The van der Waals surface area contributed by atoms with E-state index < -0.39 is 0 Å². The van der Waals surface area contributed by atoms with Crippen molar-refractivity contribution in [2.24, 2.45) is 11.8 Å². The highest BCUT2D eigenvalue weighted by Gasteiger charge is 2.23. The maximum absolute atomic E-state index is 14.0. The van der Waals surface area contributed by atoms with Crippen LogP contribution in [-0.4, -0.2) is 13.2 Å². The van der Waals surface area contributed by atoms with Gasteiger partial charge in [0.05, 0.1) is 7.11 Å². The molecule has 1 N–H and O–H groups in total. The van der Waals surface area contributed by atoms with Crippen LogP contribution < -0.4 is 10.1 Å². The van der Waals surface area contributed by atoms with Crippen molar-refractivity contribution in [1.82, 2.24) is 5.32 Å². The monoisotopic (exact) mass is 265 g/mol. The average Bonchev–Trinajstić information content (AvgIpc) is 2.36. The average molecular weight is 265 g/mol. The van der Waals surface area contributed by atoms with Crippen molar-refractivity contribution in [1.29, 1.82) is 0 Å². The molecule has 19 heavy (non-hydrogen) atoms. The first-order valence-electron chi connectivity index (χ1n) is 7.15. The van der Waals surface area contributed by atoms with Gasteiger partial charge in [-0.3, -0.25) is 0 Å². The van der Waals surface area contributed by atoms with E-state index in [0.717, 1.165) is 11.8 Å². The molecule has 1 aromatic carbocycles. The summed E-state index contributed by atoms with van der Waals surface area (Å²) in [4.78, 5) is 0. The minimum atomic E-state index is -0.241. The minimum absolute atomic E-state index is 0.241. The zero-order valence-corrected chi connectivity index (χ0v) is 12.1. The number of benzene rings is 1. The molecule has 2 rings (SSSR count). The van der Waals surface area contributed by atoms with Gasteiger partial charge in [0.15, 0.2) is 11.6 Å². The standard InChI is InChI=1S/C16H24FNO/c1-11-7-12(2)9-14(8-11)18-10-13-5-4-6-15(19-3)16(13)17/h4-6,11-12,14,18H,7-10H2,1-3H3. The number of hydrogen-bond donors (Lipinski definition) is 1. The molecule has 0 spiro atoms. The SMILES string of the molecule is COc1cccc(CNC2CC(C)CC(C)C2)c1F. The summed E-state index contributed by atoms with van der Waals surface area (Å²) < 4.78 is 19.0. The fraction of sp³-hybridized carbons (Fsp3) is 0.625. The van der Waals surface area contributed by atoms with E-state index in [4.69, 9.17) is 4.74 Å². The lowest BCUT2D eigenvalue weighted by molar-refractivity contribution is 0.237. The third-order valence-corrected chi connectivity index (χ3v) is 4.02. The second kappa shape index (κ2) is 6.38. The van der Waals surface area contributed by atoms with Gasteiger partial charge < -0.3 is 10.1 Å². The lowest BCUT2D eigenvalue weighted by Gasteiger charge is -2.32. The van der Waals surface area contributed by atoms with Gasteiger partial charge in [0, 0.05) is 18.2 Å². The molecule has 1 aliphatic carbocycles. The van der Waals surface area contributed by atoms with Gasteiger partial charge in [-0.05, 0) is 37.2 Å². The number of halogens is 1. The molecule has 2 unspecified atom stereocenters. The predicted molar refractivity (Wildman–Crippen MR) is 75.8 cm³/mol. The van der Waals surface area contributed by atoms with Crippen LogP contribution in [0.4, 0.5) is 4.39 Å². The minimum Gasteiger partial charge on any atom is -0.494 e. The lowest BCUT2D eigenvalue weighted by Crippen LogP contribution is -2.36. The molecule has 1 fully saturated rings. The zero-order chi connectivity index (χ0) is 13.8. The van der Waals surface area contributed by atoms with Gasteiger partial charge in [0.1, 0.15) is 0 Å². The molecule has 2 nitrogen and oxygen atoms in total. The Bertz CT molecular complexity index is 411. The number of rotatable bonds is 4. The molecule has 0 bridgehead atoms. The van der Waals surface area contributed by atoms with Crippen LogP contribution >= 0.6 is 0 Å². The summed E-state index contributed by atoms with van der Waals surface area (Å²) in [5.74, 6) is 1.60. The van der Waals surface area contributed by atoms with E-state index in [9.17, 15) is 4.39 Å². The van der Waals surface area contributed by atoms with E-state index in [1.54, 1.807) is 6.07 Å². The van der Waals surface area contributed by atoms with Crippen molar-refractivity contribution in [2.45, 2.75) is 45.7 Å². The molecule has 1 saturated carbocycles. The van der Waals surface area contributed by atoms with Crippen molar-refractivity contribution < 1.29 is 9.13 Å². The van der Waals surface area contributed by atoms with E-state index in [1.807, 2.05) is 12.1 Å². The Morgan fingerprint density at radius 1 is 1.21 bits per heavy atom. The van der Waals surface area contributed by atoms with Gasteiger partial charge in [0.2, 0.25) is 0 Å². The molecule has 3 heteroatoms. The third kappa shape index (κ3) is 3.69. The van der Waals surface area contributed by atoms with E-state index >= 15 is 0 Å². The van der Waals surface area contributed by atoms with Crippen LogP contribution in [0.15, 0.2) is 18.2 Å². The molecular formula is C16H24FNO. The molecular weight excluding hydrogens is 241 g/mol. The molecule has 2 atom stereocenters. The molecule has 0 radical (unpaired) electrons. The maximum atomic E-state index is 14.0. The predicted octanol–water partition coefficient (Wildman–Crippen LogP) is 3.75. The summed E-state index contributed by atoms with van der Waals surface area (Å²) in [6, 6.07) is 5.82. The fourth-order valence-corrected chi connectivity index (χ4v) is 3.22. The highest BCUT2D eigenvalue weighted by molar-refractivity contribution is 5.30.